The number of aromatic nitrogens is 1. The van der Waals surface area contributed by atoms with Crippen LogP contribution in [-0.2, 0) is 6.42 Å². The summed E-state index contributed by atoms with van der Waals surface area (Å²) in [5.41, 5.74) is 8.09. The Hall–Kier alpha value is -1.70. The van der Waals surface area contributed by atoms with Crippen molar-refractivity contribution in [1.82, 2.24) is 4.98 Å². The number of ether oxygens (including phenoxy) is 1. The number of methoxy groups -OCH3 is 1. The highest BCUT2D eigenvalue weighted by atomic mass is 16.5. The van der Waals surface area contributed by atoms with Crippen molar-refractivity contribution in [2.24, 2.45) is 0 Å². The molecule has 0 amide bonds. The lowest BCUT2D eigenvalue weighted by Crippen LogP contribution is -1.87. The van der Waals surface area contributed by atoms with Crippen LogP contribution < -0.4 is 4.74 Å². The number of H-pyrrole nitrogens is 1. The average Bonchev–Trinajstić information content (AvgIpc) is 2.78. The molecular formula is C14H15NO. The SMILES string of the molecule is COc1ccc2c(c1)-c1[nH]c(C)c(C)c1C2. The van der Waals surface area contributed by atoms with Crippen molar-refractivity contribution in [2.75, 3.05) is 7.11 Å². The van der Waals surface area contributed by atoms with Crippen LogP contribution in [0.15, 0.2) is 18.2 Å². The predicted molar refractivity (Wildman–Crippen MR) is 65.1 cm³/mol. The van der Waals surface area contributed by atoms with Crippen LogP contribution in [0.25, 0.3) is 11.3 Å². The first-order valence-electron chi connectivity index (χ1n) is 5.56. The number of nitrogens with one attached hydrogen (secondary N) is 1. The predicted octanol–water partition coefficient (Wildman–Crippen LogP) is 3.21. The molecule has 0 bridgehead atoms. The van der Waals surface area contributed by atoms with Crippen molar-refractivity contribution in [2.45, 2.75) is 20.3 Å². The first kappa shape index (κ1) is 9.52. The lowest BCUT2D eigenvalue weighted by atomic mass is 10.1. The van der Waals surface area contributed by atoms with E-state index >= 15 is 0 Å². The number of rotatable bonds is 1. The summed E-state index contributed by atoms with van der Waals surface area (Å²) in [7, 11) is 1.71. The molecule has 1 aromatic heterocycles. The normalized spacial score (nSPS) is 12.4. The third-order valence-electron chi connectivity index (χ3n) is 3.58. The molecule has 0 saturated carbocycles. The van der Waals surface area contributed by atoms with E-state index in [1.54, 1.807) is 7.11 Å². The summed E-state index contributed by atoms with van der Waals surface area (Å²) >= 11 is 0. The third kappa shape index (κ3) is 1.13. The Morgan fingerprint density at radius 1 is 1.25 bits per heavy atom. The molecule has 0 spiro atoms. The van der Waals surface area contributed by atoms with E-state index in [0.29, 0.717) is 0 Å². The van der Waals surface area contributed by atoms with Gasteiger partial charge in [0.1, 0.15) is 5.75 Å². The van der Waals surface area contributed by atoms with Crippen LogP contribution in [-0.4, -0.2) is 12.1 Å². The van der Waals surface area contributed by atoms with Gasteiger partial charge in [0.2, 0.25) is 0 Å². The van der Waals surface area contributed by atoms with Gasteiger partial charge in [0, 0.05) is 23.4 Å². The molecule has 1 heterocycles. The second-order valence-electron chi connectivity index (χ2n) is 4.43. The molecule has 2 heteroatoms. The molecule has 0 fully saturated rings. The summed E-state index contributed by atoms with van der Waals surface area (Å²) in [6, 6.07) is 6.32. The molecule has 2 aromatic rings. The molecule has 82 valence electrons. The fraction of sp³-hybridized carbons (Fsp3) is 0.286. The largest absolute Gasteiger partial charge is 0.497 e. The molecule has 1 aromatic carbocycles. The van der Waals surface area contributed by atoms with Gasteiger partial charge in [-0.15, -0.1) is 0 Å². The second kappa shape index (κ2) is 3.14. The molecule has 0 atom stereocenters. The van der Waals surface area contributed by atoms with Gasteiger partial charge < -0.3 is 9.72 Å². The topological polar surface area (TPSA) is 25.0 Å². The van der Waals surface area contributed by atoms with E-state index < -0.39 is 0 Å². The lowest BCUT2D eigenvalue weighted by Gasteiger charge is -2.04. The molecule has 0 radical (unpaired) electrons. The highest BCUT2D eigenvalue weighted by Gasteiger charge is 2.23. The van der Waals surface area contributed by atoms with Crippen LogP contribution in [0, 0.1) is 13.8 Å². The fourth-order valence-corrected chi connectivity index (χ4v) is 2.48. The average molecular weight is 213 g/mol. The molecule has 1 aliphatic carbocycles. The summed E-state index contributed by atoms with van der Waals surface area (Å²) in [6.07, 6.45) is 1.05. The number of benzene rings is 1. The summed E-state index contributed by atoms with van der Waals surface area (Å²) in [5.74, 6) is 0.927. The van der Waals surface area contributed by atoms with Crippen molar-refractivity contribution in [1.29, 1.82) is 0 Å². The van der Waals surface area contributed by atoms with Crippen molar-refractivity contribution < 1.29 is 4.74 Å². The molecular weight excluding hydrogens is 198 g/mol. The number of hydrogen-bond acceptors (Lipinski definition) is 1. The minimum atomic E-state index is 0.927. The summed E-state index contributed by atoms with van der Waals surface area (Å²) < 4.78 is 5.28. The minimum absolute atomic E-state index is 0.927. The van der Waals surface area contributed by atoms with Gasteiger partial charge in [0.15, 0.2) is 0 Å². The number of hydrogen-bond donors (Lipinski definition) is 1. The zero-order valence-corrected chi connectivity index (χ0v) is 9.85. The van der Waals surface area contributed by atoms with Crippen LogP contribution in [0.3, 0.4) is 0 Å². The van der Waals surface area contributed by atoms with E-state index in [9.17, 15) is 0 Å². The van der Waals surface area contributed by atoms with Crippen molar-refractivity contribution in [3.8, 4) is 17.0 Å². The van der Waals surface area contributed by atoms with E-state index in [1.165, 1.54) is 33.6 Å². The summed E-state index contributed by atoms with van der Waals surface area (Å²) in [5, 5.41) is 0. The van der Waals surface area contributed by atoms with Gasteiger partial charge in [0.05, 0.1) is 7.11 Å². The molecule has 1 N–H and O–H groups in total. The van der Waals surface area contributed by atoms with E-state index in [2.05, 4.69) is 31.0 Å². The van der Waals surface area contributed by atoms with Crippen molar-refractivity contribution in [3.05, 3.63) is 40.6 Å². The lowest BCUT2D eigenvalue weighted by molar-refractivity contribution is 0.415. The molecule has 1 aliphatic rings. The van der Waals surface area contributed by atoms with Crippen LogP contribution in [0.2, 0.25) is 0 Å². The number of aromatic amines is 1. The van der Waals surface area contributed by atoms with Gasteiger partial charge in [-0.3, -0.25) is 0 Å². The van der Waals surface area contributed by atoms with Gasteiger partial charge in [-0.25, -0.2) is 0 Å². The Labute approximate surface area is 95.3 Å². The van der Waals surface area contributed by atoms with Gasteiger partial charge >= 0.3 is 0 Å². The van der Waals surface area contributed by atoms with E-state index in [1.807, 2.05) is 6.07 Å². The Morgan fingerprint density at radius 2 is 2.06 bits per heavy atom. The summed E-state index contributed by atoms with van der Waals surface area (Å²) in [6.45, 7) is 4.32. The van der Waals surface area contributed by atoms with Gasteiger partial charge in [-0.2, -0.15) is 0 Å². The maximum atomic E-state index is 5.28. The maximum absolute atomic E-state index is 5.28. The van der Waals surface area contributed by atoms with Crippen molar-refractivity contribution >= 4 is 0 Å². The Balaban J connectivity index is 2.22. The molecule has 0 unspecified atom stereocenters. The second-order valence-corrected chi connectivity index (χ2v) is 4.43. The number of fused-ring (bicyclic) bond motifs is 3. The van der Waals surface area contributed by atoms with Crippen LogP contribution in [0.5, 0.6) is 5.75 Å². The van der Waals surface area contributed by atoms with Gasteiger partial charge in [-0.05, 0) is 42.7 Å². The van der Waals surface area contributed by atoms with Gasteiger partial charge in [0.25, 0.3) is 0 Å². The van der Waals surface area contributed by atoms with E-state index in [-0.39, 0.29) is 0 Å². The molecule has 16 heavy (non-hydrogen) atoms. The molecule has 0 saturated heterocycles. The first-order chi connectivity index (χ1) is 7.70. The zero-order valence-electron chi connectivity index (χ0n) is 9.85. The summed E-state index contributed by atoms with van der Waals surface area (Å²) in [4.78, 5) is 3.48. The molecule has 2 nitrogen and oxygen atoms in total. The Morgan fingerprint density at radius 3 is 2.81 bits per heavy atom. The van der Waals surface area contributed by atoms with Crippen molar-refractivity contribution in [3.63, 3.8) is 0 Å². The van der Waals surface area contributed by atoms with E-state index in [0.717, 1.165) is 12.2 Å². The highest BCUT2D eigenvalue weighted by molar-refractivity contribution is 5.77. The highest BCUT2D eigenvalue weighted by Crippen LogP contribution is 2.40. The minimum Gasteiger partial charge on any atom is -0.497 e. The van der Waals surface area contributed by atoms with E-state index in [4.69, 9.17) is 4.74 Å². The molecule has 3 rings (SSSR count). The van der Waals surface area contributed by atoms with Gasteiger partial charge in [-0.1, -0.05) is 6.07 Å². The molecule has 0 aliphatic heterocycles. The maximum Gasteiger partial charge on any atom is 0.119 e. The van der Waals surface area contributed by atoms with Crippen LogP contribution in [0.4, 0.5) is 0 Å². The zero-order chi connectivity index (χ0) is 11.3. The Bertz CT molecular complexity index is 566. The quantitative estimate of drug-likeness (QED) is 0.659. The number of aryl methyl sites for hydroxylation is 1. The van der Waals surface area contributed by atoms with Crippen LogP contribution >= 0.6 is 0 Å². The third-order valence-corrected chi connectivity index (χ3v) is 3.58. The smallest absolute Gasteiger partial charge is 0.119 e. The van der Waals surface area contributed by atoms with Crippen LogP contribution in [0.1, 0.15) is 22.4 Å². The first-order valence-corrected chi connectivity index (χ1v) is 5.56. The Kier molecular flexibility index (Phi) is 1.87. The monoisotopic (exact) mass is 213 g/mol. The standard InChI is InChI=1S/C14H15NO/c1-8-9(2)15-14-12(8)6-10-4-5-11(16-3)7-13(10)14/h4-5,7,15H,6H2,1-3H3. The fourth-order valence-electron chi connectivity index (χ4n) is 2.48.